The van der Waals surface area contributed by atoms with Gasteiger partial charge in [-0.3, -0.25) is 4.79 Å². The molecule has 0 heterocycles. The molecule has 0 unspecified atom stereocenters. The third kappa shape index (κ3) is 3.24. The van der Waals surface area contributed by atoms with E-state index in [1.165, 1.54) is 18.2 Å². The standard InChI is InChI=1S/C22H14F3NO2/c1-13-16-8-2-3-9-17(16)18-10-5-11-19(20(13)18)21(27)26-14-6-4-7-15(12-14)28-22(23,24)25/h2-12H,1H2,(H,26,27). The van der Waals surface area contributed by atoms with Crippen molar-refractivity contribution in [3.63, 3.8) is 0 Å². The number of hydrogen-bond donors (Lipinski definition) is 1. The van der Waals surface area contributed by atoms with Gasteiger partial charge in [0.15, 0.2) is 0 Å². The third-order valence-electron chi connectivity index (χ3n) is 4.48. The fraction of sp³-hybridized carbons (Fsp3) is 0.0455. The van der Waals surface area contributed by atoms with Gasteiger partial charge < -0.3 is 10.1 Å². The molecule has 3 aromatic carbocycles. The van der Waals surface area contributed by atoms with Crippen LogP contribution < -0.4 is 10.1 Å². The molecule has 140 valence electrons. The average Bonchev–Trinajstić information content (AvgIpc) is 2.94. The van der Waals surface area contributed by atoms with Gasteiger partial charge in [0.2, 0.25) is 0 Å². The lowest BCUT2D eigenvalue weighted by Crippen LogP contribution is -2.17. The predicted octanol–water partition coefficient (Wildman–Crippen LogP) is 5.88. The molecule has 6 heteroatoms. The monoisotopic (exact) mass is 381 g/mol. The molecule has 0 aromatic heterocycles. The number of alkyl halides is 3. The Kier molecular flexibility index (Phi) is 4.19. The summed E-state index contributed by atoms with van der Waals surface area (Å²) in [6, 6.07) is 18.2. The Morgan fingerprint density at radius 2 is 1.57 bits per heavy atom. The van der Waals surface area contributed by atoms with Crippen LogP contribution in [0.5, 0.6) is 5.75 Å². The number of anilines is 1. The summed E-state index contributed by atoms with van der Waals surface area (Å²) >= 11 is 0. The molecule has 0 bridgehead atoms. The molecule has 0 aliphatic heterocycles. The Morgan fingerprint density at radius 1 is 0.893 bits per heavy atom. The minimum atomic E-state index is -4.80. The minimum absolute atomic E-state index is 0.200. The van der Waals surface area contributed by atoms with Gasteiger partial charge >= 0.3 is 6.36 Å². The van der Waals surface area contributed by atoms with E-state index in [1.54, 1.807) is 12.1 Å². The number of carbonyl (C=O) groups is 1. The highest BCUT2D eigenvalue weighted by Crippen LogP contribution is 2.44. The SMILES string of the molecule is C=C1c2ccccc2-c2cccc(C(=O)Nc3cccc(OC(F)(F)F)c3)c21. The number of fused-ring (bicyclic) bond motifs is 3. The summed E-state index contributed by atoms with van der Waals surface area (Å²) in [6.45, 7) is 4.12. The van der Waals surface area contributed by atoms with Crippen molar-refractivity contribution in [3.8, 4) is 16.9 Å². The van der Waals surface area contributed by atoms with Crippen LogP contribution in [0.2, 0.25) is 0 Å². The van der Waals surface area contributed by atoms with Crippen LogP contribution in [0.15, 0.2) is 73.3 Å². The first-order chi connectivity index (χ1) is 13.3. The largest absolute Gasteiger partial charge is 0.573 e. The molecule has 0 saturated carbocycles. The van der Waals surface area contributed by atoms with Crippen LogP contribution in [0.3, 0.4) is 0 Å². The number of hydrogen-bond acceptors (Lipinski definition) is 2. The Balaban J connectivity index is 1.65. The summed E-state index contributed by atoms with van der Waals surface area (Å²) < 4.78 is 41.1. The fourth-order valence-electron chi connectivity index (χ4n) is 3.38. The van der Waals surface area contributed by atoms with Crippen molar-refractivity contribution in [1.82, 2.24) is 0 Å². The molecular formula is C22H14F3NO2. The maximum atomic E-state index is 12.9. The zero-order chi connectivity index (χ0) is 19.9. The molecule has 4 rings (SSSR count). The second-order valence-electron chi connectivity index (χ2n) is 6.28. The van der Waals surface area contributed by atoms with E-state index in [2.05, 4.69) is 16.6 Å². The van der Waals surface area contributed by atoms with Gasteiger partial charge in [-0.25, -0.2) is 0 Å². The number of amides is 1. The highest BCUT2D eigenvalue weighted by Gasteiger charge is 2.31. The first-order valence-electron chi connectivity index (χ1n) is 8.43. The maximum Gasteiger partial charge on any atom is 0.573 e. The van der Waals surface area contributed by atoms with E-state index in [4.69, 9.17) is 0 Å². The minimum Gasteiger partial charge on any atom is -0.406 e. The summed E-state index contributed by atoms with van der Waals surface area (Å²) in [5, 5.41) is 2.63. The van der Waals surface area contributed by atoms with Crippen molar-refractivity contribution in [2.75, 3.05) is 5.32 Å². The molecular weight excluding hydrogens is 367 g/mol. The molecule has 0 fully saturated rings. The number of halogens is 3. The molecule has 1 aliphatic rings. The van der Waals surface area contributed by atoms with E-state index in [0.29, 0.717) is 5.56 Å². The van der Waals surface area contributed by atoms with E-state index in [1.807, 2.05) is 30.3 Å². The smallest absolute Gasteiger partial charge is 0.406 e. The molecule has 3 aromatic rings. The summed E-state index contributed by atoms with van der Waals surface area (Å²) in [4.78, 5) is 12.9. The summed E-state index contributed by atoms with van der Waals surface area (Å²) in [6.07, 6.45) is -4.80. The van der Waals surface area contributed by atoms with Crippen LogP contribution in [0, 0.1) is 0 Å². The Labute approximate surface area is 159 Å². The second kappa shape index (κ2) is 6.56. The molecule has 28 heavy (non-hydrogen) atoms. The number of benzene rings is 3. The van der Waals surface area contributed by atoms with Crippen molar-refractivity contribution < 1.29 is 22.7 Å². The molecule has 1 N–H and O–H groups in total. The van der Waals surface area contributed by atoms with Gasteiger partial charge in [-0.2, -0.15) is 0 Å². The normalized spacial score (nSPS) is 12.3. The van der Waals surface area contributed by atoms with Gasteiger partial charge in [0.05, 0.1) is 0 Å². The fourth-order valence-corrected chi connectivity index (χ4v) is 3.38. The van der Waals surface area contributed by atoms with Crippen LogP contribution in [-0.4, -0.2) is 12.3 Å². The van der Waals surface area contributed by atoms with Gasteiger partial charge in [0.1, 0.15) is 5.75 Å². The predicted molar refractivity (Wildman–Crippen MR) is 101 cm³/mol. The highest BCUT2D eigenvalue weighted by molar-refractivity contribution is 6.13. The maximum absolute atomic E-state index is 12.9. The van der Waals surface area contributed by atoms with Crippen molar-refractivity contribution in [3.05, 3.63) is 90.0 Å². The van der Waals surface area contributed by atoms with Crippen LogP contribution >= 0.6 is 0 Å². The Morgan fingerprint density at radius 3 is 2.32 bits per heavy atom. The molecule has 0 radical (unpaired) electrons. The van der Waals surface area contributed by atoms with E-state index in [-0.39, 0.29) is 5.69 Å². The first kappa shape index (κ1) is 17.9. The Hall–Kier alpha value is -3.54. The van der Waals surface area contributed by atoms with Gasteiger partial charge in [0, 0.05) is 22.9 Å². The lowest BCUT2D eigenvalue weighted by Gasteiger charge is -2.12. The zero-order valence-corrected chi connectivity index (χ0v) is 14.5. The molecule has 0 saturated heterocycles. The number of carbonyl (C=O) groups excluding carboxylic acids is 1. The number of ether oxygens (including phenoxy) is 1. The van der Waals surface area contributed by atoms with Crippen LogP contribution in [0.25, 0.3) is 16.7 Å². The van der Waals surface area contributed by atoms with Gasteiger partial charge in [-0.05, 0) is 40.5 Å². The molecule has 1 aliphatic carbocycles. The zero-order valence-electron chi connectivity index (χ0n) is 14.5. The lowest BCUT2D eigenvalue weighted by molar-refractivity contribution is -0.274. The average molecular weight is 381 g/mol. The Bertz CT molecular complexity index is 1100. The highest BCUT2D eigenvalue weighted by atomic mass is 19.4. The summed E-state index contributed by atoms with van der Waals surface area (Å²) in [7, 11) is 0. The van der Waals surface area contributed by atoms with Crippen molar-refractivity contribution in [2.24, 2.45) is 0 Å². The number of rotatable bonds is 3. The quantitative estimate of drug-likeness (QED) is 0.481. The third-order valence-corrected chi connectivity index (χ3v) is 4.48. The van der Waals surface area contributed by atoms with Crippen molar-refractivity contribution in [1.29, 1.82) is 0 Å². The second-order valence-corrected chi connectivity index (χ2v) is 6.28. The molecule has 3 nitrogen and oxygen atoms in total. The van der Waals surface area contributed by atoms with E-state index in [9.17, 15) is 18.0 Å². The first-order valence-corrected chi connectivity index (χ1v) is 8.43. The van der Waals surface area contributed by atoms with Crippen molar-refractivity contribution >= 4 is 17.2 Å². The van der Waals surface area contributed by atoms with Crippen LogP contribution in [0.4, 0.5) is 18.9 Å². The summed E-state index contributed by atoms with van der Waals surface area (Å²) in [5.74, 6) is -0.838. The lowest BCUT2D eigenvalue weighted by atomic mass is 9.98. The van der Waals surface area contributed by atoms with Gasteiger partial charge in [-0.15, -0.1) is 13.2 Å². The van der Waals surface area contributed by atoms with Gasteiger partial charge in [0.25, 0.3) is 5.91 Å². The van der Waals surface area contributed by atoms with Crippen molar-refractivity contribution in [2.45, 2.75) is 6.36 Å². The summed E-state index contributed by atoms with van der Waals surface area (Å²) in [5.41, 5.74) is 4.93. The van der Waals surface area contributed by atoms with Crippen LogP contribution in [0.1, 0.15) is 21.5 Å². The molecule has 0 atom stereocenters. The van der Waals surface area contributed by atoms with E-state index in [0.717, 1.165) is 33.9 Å². The number of nitrogens with one attached hydrogen (secondary N) is 1. The molecule has 1 amide bonds. The van der Waals surface area contributed by atoms with Gasteiger partial charge in [-0.1, -0.05) is 49.0 Å². The molecule has 0 spiro atoms. The van der Waals surface area contributed by atoms with Crippen LogP contribution in [-0.2, 0) is 0 Å². The van der Waals surface area contributed by atoms with E-state index >= 15 is 0 Å². The topological polar surface area (TPSA) is 38.3 Å². The van der Waals surface area contributed by atoms with E-state index < -0.39 is 18.0 Å².